The Balaban J connectivity index is 1.58. The first-order valence-corrected chi connectivity index (χ1v) is 13.8. The standard InChI is InChI=1S/C28H35N3O5S/c1-6-35-26(33)20-10-12-30(13-11-20)23(32)15-21-16-37-28-29-19(5)24(27(34)36-7-2)25(31(21)28)22-9-8-17(3)14-18(22)4/h8-9,14,16,20,25H,6-7,10-13,15H2,1-5H3/t25-/m1/s1. The second-order valence-corrected chi connectivity index (χ2v) is 10.4. The predicted octanol–water partition coefficient (Wildman–Crippen LogP) is 4.63. The smallest absolute Gasteiger partial charge is 0.338 e. The third kappa shape index (κ3) is 5.61. The molecule has 3 aliphatic rings. The summed E-state index contributed by atoms with van der Waals surface area (Å²) in [5.41, 5.74) is 5.11. The van der Waals surface area contributed by atoms with Crippen LogP contribution in [-0.2, 0) is 23.9 Å². The number of aliphatic imine (C=N–C) groups is 1. The fourth-order valence-corrected chi connectivity index (χ4v) is 6.12. The van der Waals surface area contributed by atoms with Gasteiger partial charge in [0.05, 0.1) is 42.9 Å². The SMILES string of the molecule is CCOC(=O)C1=C(C)N=C2SC=C(CC(=O)N3CCC(C(=O)OCC)CC3)N2[C@@H]1c1ccc(C)cc1C. The molecule has 0 N–H and O–H groups in total. The molecule has 0 bridgehead atoms. The monoisotopic (exact) mass is 525 g/mol. The van der Waals surface area contributed by atoms with Gasteiger partial charge in [-0.3, -0.25) is 9.59 Å². The molecule has 1 atom stereocenters. The summed E-state index contributed by atoms with van der Waals surface area (Å²) in [6.07, 6.45) is 1.40. The van der Waals surface area contributed by atoms with Gasteiger partial charge in [-0.25, -0.2) is 9.79 Å². The van der Waals surface area contributed by atoms with E-state index in [9.17, 15) is 14.4 Å². The number of carbonyl (C=O) groups excluding carboxylic acids is 3. The number of likely N-dealkylation sites (tertiary alicyclic amines) is 1. The fraction of sp³-hybridized carbons (Fsp3) is 0.500. The maximum Gasteiger partial charge on any atom is 0.338 e. The van der Waals surface area contributed by atoms with Gasteiger partial charge in [0.2, 0.25) is 5.91 Å². The summed E-state index contributed by atoms with van der Waals surface area (Å²) in [5, 5.41) is 2.71. The first-order chi connectivity index (χ1) is 17.7. The number of hydrogen-bond acceptors (Lipinski definition) is 8. The number of amidine groups is 1. The minimum absolute atomic E-state index is 0.00116. The third-order valence-corrected chi connectivity index (χ3v) is 7.90. The van der Waals surface area contributed by atoms with Crippen LogP contribution in [0.5, 0.6) is 0 Å². The zero-order valence-electron chi connectivity index (χ0n) is 22.2. The summed E-state index contributed by atoms with van der Waals surface area (Å²) >= 11 is 1.47. The van der Waals surface area contributed by atoms with E-state index in [2.05, 4.69) is 6.07 Å². The van der Waals surface area contributed by atoms with E-state index in [-0.39, 0.29) is 30.8 Å². The number of esters is 2. The minimum atomic E-state index is -0.434. The molecule has 37 heavy (non-hydrogen) atoms. The molecule has 1 amide bonds. The van der Waals surface area contributed by atoms with Gasteiger partial charge in [-0.1, -0.05) is 35.5 Å². The van der Waals surface area contributed by atoms with E-state index in [1.54, 1.807) is 13.8 Å². The van der Waals surface area contributed by atoms with E-state index >= 15 is 0 Å². The van der Waals surface area contributed by atoms with Crippen LogP contribution in [0.3, 0.4) is 0 Å². The number of hydrogen-bond donors (Lipinski definition) is 0. The molecule has 9 heteroatoms. The van der Waals surface area contributed by atoms with Crippen molar-refractivity contribution in [2.45, 2.75) is 59.9 Å². The highest BCUT2D eigenvalue weighted by atomic mass is 32.2. The van der Waals surface area contributed by atoms with Gasteiger partial charge in [0.15, 0.2) is 5.17 Å². The van der Waals surface area contributed by atoms with Crippen LogP contribution in [0, 0.1) is 19.8 Å². The molecule has 1 aromatic rings. The Morgan fingerprint density at radius 3 is 2.41 bits per heavy atom. The van der Waals surface area contributed by atoms with Crippen molar-refractivity contribution < 1.29 is 23.9 Å². The van der Waals surface area contributed by atoms with Crippen LogP contribution in [0.25, 0.3) is 0 Å². The van der Waals surface area contributed by atoms with Gasteiger partial charge in [-0.15, -0.1) is 0 Å². The molecule has 8 nitrogen and oxygen atoms in total. The van der Waals surface area contributed by atoms with Crippen LogP contribution < -0.4 is 0 Å². The average molecular weight is 526 g/mol. The van der Waals surface area contributed by atoms with Crippen LogP contribution in [0.1, 0.15) is 62.8 Å². The molecule has 0 unspecified atom stereocenters. The van der Waals surface area contributed by atoms with Crippen molar-refractivity contribution in [2.24, 2.45) is 10.9 Å². The topological polar surface area (TPSA) is 88.5 Å². The van der Waals surface area contributed by atoms with E-state index in [1.165, 1.54) is 11.8 Å². The Labute approximate surface area is 222 Å². The number of fused-ring (bicyclic) bond motifs is 1. The summed E-state index contributed by atoms with van der Waals surface area (Å²) in [5.74, 6) is -0.723. The van der Waals surface area contributed by atoms with E-state index in [0.29, 0.717) is 43.8 Å². The van der Waals surface area contributed by atoms with Gasteiger partial charge >= 0.3 is 11.9 Å². The molecule has 0 aromatic heterocycles. The zero-order valence-corrected chi connectivity index (χ0v) is 23.0. The quantitative estimate of drug-likeness (QED) is 0.480. The lowest BCUT2D eigenvalue weighted by molar-refractivity contribution is -0.151. The lowest BCUT2D eigenvalue weighted by Gasteiger charge is -2.37. The Morgan fingerprint density at radius 2 is 1.76 bits per heavy atom. The van der Waals surface area contributed by atoms with E-state index in [4.69, 9.17) is 14.5 Å². The molecule has 0 aliphatic carbocycles. The summed E-state index contributed by atoms with van der Waals surface area (Å²) in [6, 6.07) is 5.75. The second-order valence-electron chi connectivity index (χ2n) is 9.56. The number of rotatable bonds is 7. The Morgan fingerprint density at radius 1 is 1.05 bits per heavy atom. The highest BCUT2D eigenvalue weighted by molar-refractivity contribution is 8.16. The predicted molar refractivity (Wildman–Crippen MR) is 143 cm³/mol. The van der Waals surface area contributed by atoms with Gasteiger partial charge < -0.3 is 19.3 Å². The van der Waals surface area contributed by atoms with E-state index in [0.717, 1.165) is 27.6 Å². The Kier molecular flexibility index (Phi) is 8.42. The van der Waals surface area contributed by atoms with Crippen molar-refractivity contribution in [3.63, 3.8) is 0 Å². The van der Waals surface area contributed by atoms with Crippen molar-refractivity contribution in [2.75, 3.05) is 26.3 Å². The number of thioether (sulfide) groups is 1. The molecule has 1 fully saturated rings. The van der Waals surface area contributed by atoms with Crippen LogP contribution in [0.15, 0.2) is 45.6 Å². The molecule has 4 rings (SSSR count). The third-order valence-electron chi connectivity index (χ3n) is 7.02. The van der Waals surface area contributed by atoms with Crippen molar-refractivity contribution in [3.8, 4) is 0 Å². The summed E-state index contributed by atoms with van der Waals surface area (Å²) < 4.78 is 10.6. The van der Waals surface area contributed by atoms with E-state index in [1.807, 2.05) is 48.1 Å². The van der Waals surface area contributed by atoms with Crippen molar-refractivity contribution in [1.29, 1.82) is 0 Å². The molecule has 0 saturated carbocycles. The number of allylic oxidation sites excluding steroid dienone is 1. The van der Waals surface area contributed by atoms with Crippen molar-refractivity contribution >= 4 is 34.8 Å². The number of aryl methyl sites for hydroxylation is 2. The van der Waals surface area contributed by atoms with Gasteiger partial charge in [-0.05, 0) is 64.0 Å². The Bertz CT molecular complexity index is 1180. The summed E-state index contributed by atoms with van der Waals surface area (Å²) in [7, 11) is 0. The van der Waals surface area contributed by atoms with Crippen LogP contribution in [-0.4, -0.2) is 59.1 Å². The first kappa shape index (κ1) is 27.0. The lowest BCUT2D eigenvalue weighted by Crippen LogP contribution is -2.42. The van der Waals surface area contributed by atoms with Gasteiger partial charge in [0.25, 0.3) is 0 Å². The van der Waals surface area contributed by atoms with Gasteiger partial charge in [0, 0.05) is 18.8 Å². The lowest BCUT2D eigenvalue weighted by atomic mass is 9.90. The molecule has 1 aromatic carbocycles. The highest BCUT2D eigenvalue weighted by Gasteiger charge is 2.42. The molecular weight excluding hydrogens is 490 g/mol. The molecule has 3 aliphatic heterocycles. The van der Waals surface area contributed by atoms with Gasteiger partial charge in [-0.2, -0.15) is 0 Å². The molecule has 0 radical (unpaired) electrons. The van der Waals surface area contributed by atoms with Crippen LogP contribution in [0.2, 0.25) is 0 Å². The number of carbonyl (C=O) groups is 3. The van der Waals surface area contributed by atoms with Crippen LogP contribution in [0.4, 0.5) is 0 Å². The number of amides is 1. The van der Waals surface area contributed by atoms with Gasteiger partial charge in [0.1, 0.15) is 0 Å². The average Bonchev–Trinajstić information content (AvgIpc) is 3.25. The maximum atomic E-state index is 13.4. The molecular formula is C28H35N3O5S. The molecule has 198 valence electrons. The van der Waals surface area contributed by atoms with E-state index < -0.39 is 12.0 Å². The number of benzene rings is 1. The second kappa shape index (κ2) is 11.5. The molecule has 1 saturated heterocycles. The molecule has 0 spiro atoms. The fourth-order valence-electron chi connectivity index (χ4n) is 5.16. The van der Waals surface area contributed by atoms with Crippen LogP contribution >= 0.6 is 11.8 Å². The number of piperidine rings is 1. The maximum absolute atomic E-state index is 13.4. The normalized spacial score (nSPS) is 19.9. The minimum Gasteiger partial charge on any atom is -0.466 e. The number of nitrogens with zero attached hydrogens (tertiary/aromatic N) is 3. The highest BCUT2D eigenvalue weighted by Crippen LogP contribution is 2.45. The summed E-state index contributed by atoms with van der Waals surface area (Å²) in [6.45, 7) is 11.2. The Hall–Kier alpha value is -3.07. The largest absolute Gasteiger partial charge is 0.466 e. The number of ether oxygens (including phenoxy) is 2. The zero-order chi connectivity index (χ0) is 26.7. The first-order valence-electron chi connectivity index (χ1n) is 12.9. The molecule has 3 heterocycles. The van der Waals surface area contributed by atoms with Crippen molar-refractivity contribution in [3.05, 3.63) is 57.3 Å². The summed E-state index contributed by atoms with van der Waals surface area (Å²) in [4.78, 5) is 47.2. The van der Waals surface area contributed by atoms with Crippen molar-refractivity contribution in [1.82, 2.24) is 9.80 Å².